The standard InChI is InChI=1S/C17H17Cl2NO2/c1-10-7-11(2)9-13(8-10)22-12(3)17(21)20-16-14(18)5-4-6-15(16)19/h4-9,12H,1-3H3,(H,20,21)/t12-/m1/s1. The van der Waals surface area contributed by atoms with Crippen LogP contribution in [0.4, 0.5) is 5.69 Å². The predicted molar refractivity (Wildman–Crippen MR) is 91.1 cm³/mol. The molecule has 2 rings (SSSR count). The van der Waals surface area contributed by atoms with Crippen molar-refractivity contribution >= 4 is 34.8 Å². The number of amides is 1. The molecule has 2 aromatic carbocycles. The van der Waals surface area contributed by atoms with Crippen molar-refractivity contribution in [1.29, 1.82) is 0 Å². The molecule has 0 aromatic heterocycles. The molecule has 3 nitrogen and oxygen atoms in total. The molecular weight excluding hydrogens is 321 g/mol. The van der Waals surface area contributed by atoms with Crippen LogP contribution in [-0.2, 0) is 4.79 Å². The largest absolute Gasteiger partial charge is 0.481 e. The Kier molecular flexibility index (Phi) is 5.33. The minimum atomic E-state index is -0.673. The van der Waals surface area contributed by atoms with Gasteiger partial charge in [-0.2, -0.15) is 0 Å². The third-order valence-electron chi connectivity index (χ3n) is 3.09. The first-order chi connectivity index (χ1) is 10.4. The Hall–Kier alpha value is -1.71. The molecule has 5 heteroatoms. The van der Waals surface area contributed by atoms with Gasteiger partial charge >= 0.3 is 0 Å². The first-order valence-corrected chi connectivity index (χ1v) is 7.62. The number of benzene rings is 2. The molecule has 2 aromatic rings. The van der Waals surface area contributed by atoms with E-state index < -0.39 is 6.10 Å². The van der Waals surface area contributed by atoms with Gasteiger partial charge in [0.15, 0.2) is 6.10 Å². The maximum Gasteiger partial charge on any atom is 0.265 e. The molecule has 0 spiro atoms. The van der Waals surface area contributed by atoms with Gasteiger partial charge in [0.2, 0.25) is 0 Å². The van der Waals surface area contributed by atoms with Crippen molar-refractivity contribution in [3.05, 3.63) is 57.6 Å². The second-order valence-corrected chi connectivity index (χ2v) is 5.98. The van der Waals surface area contributed by atoms with Gasteiger partial charge in [-0.15, -0.1) is 0 Å². The Morgan fingerprint density at radius 3 is 2.18 bits per heavy atom. The first kappa shape index (κ1) is 16.7. The number of para-hydroxylation sites is 1. The lowest BCUT2D eigenvalue weighted by Crippen LogP contribution is -2.30. The third-order valence-corrected chi connectivity index (χ3v) is 3.72. The predicted octanol–water partition coefficient (Wildman–Crippen LogP) is 5.02. The molecule has 0 aliphatic rings. The Bertz CT molecular complexity index is 661. The van der Waals surface area contributed by atoms with Crippen LogP contribution in [0.2, 0.25) is 10.0 Å². The van der Waals surface area contributed by atoms with Crippen LogP contribution in [0.15, 0.2) is 36.4 Å². The lowest BCUT2D eigenvalue weighted by molar-refractivity contribution is -0.122. The van der Waals surface area contributed by atoms with Gasteiger partial charge in [-0.3, -0.25) is 4.79 Å². The number of hydrogen-bond acceptors (Lipinski definition) is 2. The van der Waals surface area contributed by atoms with Gasteiger partial charge in [0.1, 0.15) is 5.75 Å². The van der Waals surface area contributed by atoms with Gasteiger partial charge in [-0.25, -0.2) is 0 Å². The van der Waals surface area contributed by atoms with Gasteiger partial charge in [-0.1, -0.05) is 35.3 Å². The molecule has 0 bridgehead atoms. The van der Waals surface area contributed by atoms with Crippen LogP contribution in [0.25, 0.3) is 0 Å². The summed E-state index contributed by atoms with van der Waals surface area (Å²) in [6.45, 7) is 5.64. The van der Waals surface area contributed by atoms with Crippen LogP contribution in [0.5, 0.6) is 5.75 Å². The van der Waals surface area contributed by atoms with E-state index in [1.807, 2.05) is 32.0 Å². The molecule has 0 aliphatic heterocycles. The fourth-order valence-corrected chi connectivity index (χ4v) is 2.59. The highest BCUT2D eigenvalue weighted by molar-refractivity contribution is 6.39. The van der Waals surface area contributed by atoms with Crippen molar-refractivity contribution in [1.82, 2.24) is 0 Å². The van der Waals surface area contributed by atoms with E-state index in [0.29, 0.717) is 21.5 Å². The van der Waals surface area contributed by atoms with E-state index in [-0.39, 0.29) is 5.91 Å². The second kappa shape index (κ2) is 7.03. The second-order valence-electron chi connectivity index (χ2n) is 5.17. The zero-order valence-electron chi connectivity index (χ0n) is 12.6. The summed E-state index contributed by atoms with van der Waals surface area (Å²) >= 11 is 12.1. The third kappa shape index (κ3) is 4.15. The lowest BCUT2D eigenvalue weighted by atomic mass is 10.1. The van der Waals surface area contributed by atoms with E-state index in [9.17, 15) is 4.79 Å². The first-order valence-electron chi connectivity index (χ1n) is 6.86. The Balaban J connectivity index is 2.09. The minimum absolute atomic E-state index is 0.311. The molecule has 0 unspecified atom stereocenters. The SMILES string of the molecule is Cc1cc(C)cc(O[C@H](C)C(=O)Nc2c(Cl)cccc2Cl)c1. The molecular formula is C17H17Cl2NO2. The molecule has 0 fully saturated rings. The Morgan fingerprint density at radius 1 is 1.09 bits per heavy atom. The summed E-state index contributed by atoms with van der Waals surface area (Å²) in [6, 6.07) is 10.9. The van der Waals surface area contributed by atoms with E-state index in [1.54, 1.807) is 25.1 Å². The number of hydrogen-bond donors (Lipinski definition) is 1. The van der Waals surface area contributed by atoms with E-state index >= 15 is 0 Å². The molecule has 1 N–H and O–H groups in total. The average Bonchev–Trinajstić information content (AvgIpc) is 2.41. The number of halogens is 2. The Morgan fingerprint density at radius 2 is 1.64 bits per heavy atom. The smallest absolute Gasteiger partial charge is 0.265 e. The van der Waals surface area contributed by atoms with Crippen LogP contribution in [0, 0.1) is 13.8 Å². The minimum Gasteiger partial charge on any atom is -0.481 e. The zero-order chi connectivity index (χ0) is 16.3. The summed E-state index contributed by atoms with van der Waals surface area (Å²) in [5, 5.41) is 3.48. The number of rotatable bonds is 4. The van der Waals surface area contributed by atoms with Crippen LogP contribution in [0.3, 0.4) is 0 Å². The highest BCUT2D eigenvalue weighted by Crippen LogP contribution is 2.30. The molecule has 0 aliphatic carbocycles. The van der Waals surface area contributed by atoms with E-state index in [4.69, 9.17) is 27.9 Å². The molecule has 0 saturated heterocycles. The number of nitrogens with one attached hydrogen (secondary N) is 1. The van der Waals surface area contributed by atoms with Crippen LogP contribution >= 0.6 is 23.2 Å². The Labute approximate surface area is 140 Å². The number of ether oxygens (including phenoxy) is 1. The highest BCUT2D eigenvalue weighted by atomic mass is 35.5. The van der Waals surface area contributed by atoms with Gasteiger partial charge < -0.3 is 10.1 Å². The van der Waals surface area contributed by atoms with Crippen LogP contribution < -0.4 is 10.1 Å². The summed E-state index contributed by atoms with van der Waals surface area (Å²) < 4.78 is 5.69. The fraction of sp³-hybridized carbons (Fsp3) is 0.235. The van der Waals surface area contributed by atoms with Gasteiger partial charge in [0.25, 0.3) is 5.91 Å². The van der Waals surface area contributed by atoms with Crippen LogP contribution in [-0.4, -0.2) is 12.0 Å². The van der Waals surface area contributed by atoms with Gasteiger partial charge in [-0.05, 0) is 56.2 Å². The van der Waals surface area contributed by atoms with Crippen molar-refractivity contribution in [3.8, 4) is 5.75 Å². The lowest BCUT2D eigenvalue weighted by Gasteiger charge is -2.16. The van der Waals surface area contributed by atoms with E-state index in [2.05, 4.69) is 5.32 Å². The normalized spacial score (nSPS) is 11.9. The molecule has 116 valence electrons. The van der Waals surface area contributed by atoms with Crippen molar-refractivity contribution in [2.24, 2.45) is 0 Å². The summed E-state index contributed by atoms with van der Waals surface area (Å²) in [4.78, 5) is 12.2. The summed E-state index contributed by atoms with van der Waals surface area (Å²) in [7, 11) is 0. The summed E-state index contributed by atoms with van der Waals surface area (Å²) in [6.07, 6.45) is -0.673. The van der Waals surface area contributed by atoms with Gasteiger partial charge in [0.05, 0.1) is 15.7 Å². The molecule has 1 atom stereocenters. The van der Waals surface area contributed by atoms with Crippen molar-refractivity contribution in [2.45, 2.75) is 26.9 Å². The van der Waals surface area contributed by atoms with E-state index in [1.165, 1.54) is 0 Å². The van der Waals surface area contributed by atoms with Crippen molar-refractivity contribution < 1.29 is 9.53 Å². The molecule has 0 radical (unpaired) electrons. The number of anilines is 1. The number of carbonyl (C=O) groups excluding carboxylic acids is 1. The highest BCUT2D eigenvalue weighted by Gasteiger charge is 2.17. The summed E-state index contributed by atoms with van der Waals surface area (Å²) in [5.74, 6) is 0.347. The topological polar surface area (TPSA) is 38.3 Å². The fourth-order valence-electron chi connectivity index (χ4n) is 2.10. The molecule has 22 heavy (non-hydrogen) atoms. The van der Waals surface area contributed by atoms with E-state index in [0.717, 1.165) is 11.1 Å². The molecule has 0 saturated carbocycles. The van der Waals surface area contributed by atoms with Crippen molar-refractivity contribution in [2.75, 3.05) is 5.32 Å². The zero-order valence-corrected chi connectivity index (χ0v) is 14.1. The maximum absolute atomic E-state index is 12.2. The average molecular weight is 338 g/mol. The quantitative estimate of drug-likeness (QED) is 0.850. The molecule has 1 amide bonds. The maximum atomic E-state index is 12.2. The van der Waals surface area contributed by atoms with Crippen LogP contribution in [0.1, 0.15) is 18.1 Å². The van der Waals surface area contributed by atoms with Crippen molar-refractivity contribution in [3.63, 3.8) is 0 Å². The van der Waals surface area contributed by atoms with Gasteiger partial charge in [0, 0.05) is 0 Å². The number of carbonyl (C=O) groups is 1. The number of aryl methyl sites for hydroxylation is 2. The molecule has 0 heterocycles. The summed E-state index contributed by atoms with van der Waals surface area (Å²) in [5.41, 5.74) is 2.56. The monoisotopic (exact) mass is 337 g/mol.